The van der Waals surface area contributed by atoms with Crippen molar-refractivity contribution < 1.29 is 14.7 Å². The molecule has 0 aromatic heterocycles. The lowest BCUT2D eigenvalue weighted by atomic mass is 10.0. The third kappa shape index (κ3) is 4.94. The minimum atomic E-state index is -0.912. The number of hydrogen-bond donors (Lipinski definition) is 2. The van der Waals surface area contributed by atoms with Crippen LogP contribution in [0.1, 0.15) is 19.8 Å². The molecule has 1 atom stereocenters. The number of anilines is 1. The second-order valence-electron chi connectivity index (χ2n) is 4.08. The van der Waals surface area contributed by atoms with Gasteiger partial charge in [-0.25, -0.2) is 0 Å². The number of aliphatic carboxylic acids is 1. The third-order valence-corrected chi connectivity index (χ3v) is 3.00. The van der Waals surface area contributed by atoms with Crippen molar-refractivity contribution in [2.45, 2.75) is 19.8 Å². The van der Waals surface area contributed by atoms with Crippen LogP contribution >= 0.6 is 23.2 Å². The Labute approximate surface area is 115 Å². The number of halogens is 2. The van der Waals surface area contributed by atoms with E-state index in [1.165, 1.54) is 0 Å². The summed E-state index contributed by atoms with van der Waals surface area (Å²) in [6.45, 7) is 1.71. The lowest BCUT2D eigenvalue weighted by Gasteiger charge is -2.09. The highest BCUT2D eigenvalue weighted by molar-refractivity contribution is 6.42. The van der Waals surface area contributed by atoms with Crippen LogP contribution in [0.3, 0.4) is 0 Å². The summed E-state index contributed by atoms with van der Waals surface area (Å²) in [5.74, 6) is -1.38. The predicted molar refractivity (Wildman–Crippen MR) is 71.1 cm³/mol. The van der Waals surface area contributed by atoms with Gasteiger partial charge in [-0.15, -0.1) is 0 Å². The summed E-state index contributed by atoms with van der Waals surface area (Å²) in [5, 5.41) is 12.0. The molecule has 0 heterocycles. The van der Waals surface area contributed by atoms with Gasteiger partial charge in [0.15, 0.2) is 0 Å². The minimum Gasteiger partial charge on any atom is -0.481 e. The van der Waals surface area contributed by atoms with Gasteiger partial charge in [0, 0.05) is 18.5 Å². The van der Waals surface area contributed by atoms with Gasteiger partial charge in [-0.3, -0.25) is 9.59 Å². The molecular weight excluding hydrogens is 277 g/mol. The lowest BCUT2D eigenvalue weighted by molar-refractivity contribution is -0.138. The van der Waals surface area contributed by atoms with Crippen LogP contribution in [-0.4, -0.2) is 17.0 Å². The Kier molecular flexibility index (Phi) is 5.44. The van der Waals surface area contributed by atoms with Crippen molar-refractivity contribution in [3.63, 3.8) is 0 Å². The highest BCUT2D eigenvalue weighted by Gasteiger charge is 2.13. The Morgan fingerprint density at radius 2 is 1.94 bits per heavy atom. The number of nitrogens with one attached hydrogen (secondary N) is 1. The van der Waals surface area contributed by atoms with Gasteiger partial charge in [0.05, 0.1) is 10.0 Å². The van der Waals surface area contributed by atoms with E-state index in [0.29, 0.717) is 15.7 Å². The second kappa shape index (κ2) is 6.61. The molecule has 0 bridgehead atoms. The third-order valence-electron chi connectivity index (χ3n) is 2.26. The molecule has 1 unspecified atom stereocenters. The van der Waals surface area contributed by atoms with E-state index in [4.69, 9.17) is 28.3 Å². The molecule has 98 valence electrons. The molecule has 0 radical (unpaired) electrons. The number of carboxylic acid groups (broad SMARTS) is 1. The van der Waals surface area contributed by atoms with E-state index in [1.807, 2.05) is 0 Å². The van der Waals surface area contributed by atoms with Crippen LogP contribution < -0.4 is 5.32 Å². The molecule has 6 heteroatoms. The van der Waals surface area contributed by atoms with Crippen molar-refractivity contribution in [3.05, 3.63) is 28.2 Å². The van der Waals surface area contributed by atoms with Gasteiger partial charge in [-0.05, 0) is 24.1 Å². The van der Waals surface area contributed by atoms with Crippen molar-refractivity contribution in [2.75, 3.05) is 5.32 Å². The maximum absolute atomic E-state index is 11.6. The van der Waals surface area contributed by atoms with Crippen LogP contribution in [0.15, 0.2) is 18.2 Å². The first-order valence-corrected chi connectivity index (χ1v) is 6.10. The number of benzene rings is 1. The van der Waals surface area contributed by atoms with Gasteiger partial charge in [-0.2, -0.15) is 0 Å². The maximum atomic E-state index is 11.6. The predicted octanol–water partition coefficient (Wildman–Crippen LogP) is 3.43. The van der Waals surface area contributed by atoms with Crippen molar-refractivity contribution in [3.8, 4) is 0 Å². The average molecular weight is 290 g/mol. The molecule has 1 rings (SSSR count). The number of carbonyl (C=O) groups excluding carboxylic acids is 1. The summed E-state index contributed by atoms with van der Waals surface area (Å²) in [5.41, 5.74) is 0.539. The Morgan fingerprint density at radius 3 is 2.50 bits per heavy atom. The van der Waals surface area contributed by atoms with Crippen molar-refractivity contribution >= 4 is 40.8 Å². The molecule has 0 saturated carbocycles. The number of carbonyl (C=O) groups is 2. The molecular formula is C12H13Cl2NO3. The van der Waals surface area contributed by atoms with E-state index in [0.717, 1.165) is 0 Å². The highest BCUT2D eigenvalue weighted by atomic mass is 35.5. The van der Waals surface area contributed by atoms with E-state index in [9.17, 15) is 9.59 Å². The summed E-state index contributed by atoms with van der Waals surface area (Å²) in [7, 11) is 0. The van der Waals surface area contributed by atoms with Gasteiger partial charge in [0.25, 0.3) is 0 Å². The molecule has 0 spiro atoms. The van der Waals surface area contributed by atoms with Crippen LogP contribution in [0.5, 0.6) is 0 Å². The molecule has 0 aliphatic rings. The molecule has 18 heavy (non-hydrogen) atoms. The Hall–Kier alpha value is -1.26. The first kappa shape index (κ1) is 14.8. The monoisotopic (exact) mass is 289 g/mol. The first-order chi connectivity index (χ1) is 8.38. The average Bonchev–Trinajstić information content (AvgIpc) is 2.21. The van der Waals surface area contributed by atoms with Crippen molar-refractivity contribution in [2.24, 2.45) is 5.92 Å². The highest BCUT2D eigenvalue weighted by Crippen LogP contribution is 2.25. The van der Waals surface area contributed by atoms with Gasteiger partial charge >= 0.3 is 5.97 Å². The summed E-state index contributed by atoms with van der Waals surface area (Å²) in [4.78, 5) is 22.1. The van der Waals surface area contributed by atoms with Crippen molar-refractivity contribution in [1.29, 1.82) is 0 Å². The summed E-state index contributed by atoms with van der Waals surface area (Å²) >= 11 is 11.6. The SMILES string of the molecule is CC(CC(=O)O)CC(=O)Nc1ccc(Cl)c(Cl)c1. The summed E-state index contributed by atoms with van der Waals surface area (Å²) < 4.78 is 0. The molecule has 0 fully saturated rings. The molecule has 0 aliphatic heterocycles. The lowest BCUT2D eigenvalue weighted by Crippen LogP contribution is -2.16. The quantitative estimate of drug-likeness (QED) is 0.873. The zero-order chi connectivity index (χ0) is 13.7. The van der Waals surface area contributed by atoms with E-state index >= 15 is 0 Å². The Bertz CT molecular complexity index is 463. The maximum Gasteiger partial charge on any atom is 0.303 e. The van der Waals surface area contributed by atoms with Crippen LogP contribution in [-0.2, 0) is 9.59 Å². The van der Waals surface area contributed by atoms with E-state index < -0.39 is 5.97 Å². The second-order valence-corrected chi connectivity index (χ2v) is 4.90. The fourth-order valence-electron chi connectivity index (χ4n) is 1.47. The molecule has 1 aromatic rings. The summed E-state index contributed by atoms with van der Waals surface area (Å²) in [6, 6.07) is 4.76. The van der Waals surface area contributed by atoms with Gasteiger partial charge in [0.2, 0.25) is 5.91 Å². The molecule has 1 amide bonds. The van der Waals surface area contributed by atoms with Gasteiger partial charge < -0.3 is 10.4 Å². The first-order valence-electron chi connectivity index (χ1n) is 5.35. The standard InChI is InChI=1S/C12H13Cl2NO3/c1-7(5-12(17)18)4-11(16)15-8-2-3-9(13)10(14)6-8/h2-3,6-7H,4-5H2,1H3,(H,15,16)(H,17,18). The zero-order valence-electron chi connectivity index (χ0n) is 9.74. The van der Waals surface area contributed by atoms with E-state index in [1.54, 1.807) is 25.1 Å². The fraction of sp³-hybridized carbons (Fsp3) is 0.333. The molecule has 0 aliphatic carbocycles. The summed E-state index contributed by atoms with van der Waals surface area (Å²) in [6.07, 6.45) is 0.112. The van der Waals surface area contributed by atoms with Crippen LogP contribution in [0.25, 0.3) is 0 Å². The van der Waals surface area contributed by atoms with Crippen molar-refractivity contribution in [1.82, 2.24) is 0 Å². The topological polar surface area (TPSA) is 66.4 Å². The van der Waals surface area contributed by atoms with Gasteiger partial charge in [-0.1, -0.05) is 30.1 Å². The fourth-order valence-corrected chi connectivity index (χ4v) is 1.77. The normalized spacial score (nSPS) is 11.9. The largest absolute Gasteiger partial charge is 0.481 e. The molecule has 4 nitrogen and oxygen atoms in total. The Balaban J connectivity index is 2.54. The number of carboxylic acids is 1. The van der Waals surface area contributed by atoms with E-state index in [-0.39, 0.29) is 24.7 Å². The molecule has 0 saturated heterocycles. The van der Waals surface area contributed by atoms with Gasteiger partial charge in [0.1, 0.15) is 0 Å². The number of rotatable bonds is 5. The van der Waals surface area contributed by atoms with Crippen LogP contribution in [0.2, 0.25) is 10.0 Å². The molecule has 2 N–H and O–H groups in total. The Morgan fingerprint density at radius 1 is 1.28 bits per heavy atom. The number of amides is 1. The molecule has 1 aromatic carbocycles. The number of hydrogen-bond acceptors (Lipinski definition) is 2. The van der Waals surface area contributed by atoms with Crippen LogP contribution in [0, 0.1) is 5.92 Å². The van der Waals surface area contributed by atoms with Crippen LogP contribution in [0.4, 0.5) is 5.69 Å². The zero-order valence-corrected chi connectivity index (χ0v) is 11.3. The minimum absolute atomic E-state index is 0.0329. The smallest absolute Gasteiger partial charge is 0.303 e. The van der Waals surface area contributed by atoms with E-state index in [2.05, 4.69) is 5.32 Å².